The first kappa shape index (κ1) is 16.8. The Bertz CT molecular complexity index is 912. The van der Waals surface area contributed by atoms with Crippen molar-refractivity contribution in [1.82, 2.24) is 4.98 Å². The largest absolute Gasteiger partial charge is 0.487 e. The van der Waals surface area contributed by atoms with Crippen molar-refractivity contribution in [3.05, 3.63) is 66.0 Å². The summed E-state index contributed by atoms with van der Waals surface area (Å²) in [6.45, 7) is 3.49. The van der Waals surface area contributed by atoms with Crippen LogP contribution >= 0.6 is 0 Å². The molecule has 3 nitrogen and oxygen atoms in total. The molecule has 134 valence electrons. The molecule has 1 aliphatic rings. The number of hydrogen-bond acceptors (Lipinski definition) is 3. The van der Waals surface area contributed by atoms with E-state index in [0.29, 0.717) is 17.4 Å². The highest BCUT2D eigenvalue weighted by Crippen LogP contribution is 2.29. The fourth-order valence-corrected chi connectivity index (χ4v) is 3.60. The van der Waals surface area contributed by atoms with Gasteiger partial charge in [-0.25, -0.2) is 9.37 Å². The predicted molar refractivity (Wildman–Crippen MR) is 103 cm³/mol. The number of benzene rings is 2. The first-order chi connectivity index (χ1) is 12.7. The second kappa shape index (κ2) is 7.32. The molecule has 4 rings (SSSR count). The summed E-state index contributed by atoms with van der Waals surface area (Å²) >= 11 is 0. The zero-order valence-electron chi connectivity index (χ0n) is 15.0. The number of rotatable bonds is 4. The van der Waals surface area contributed by atoms with Crippen LogP contribution in [-0.2, 0) is 6.61 Å². The van der Waals surface area contributed by atoms with Crippen LogP contribution in [0.2, 0.25) is 0 Å². The third-order valence-corrected chi connectivity index (χ3v) is 5.11. The SMILES string of the molecule is CC1CCCCN1c1ccc2cccc(OCc3ccccc3F)c2n1. The van der Waals surface area contributed by atoms with Gasteiger partial charge >= 0.3 is 0 Å². The van der Waals surface area contributed by atoms with Crippen LogP contribution in [0.25, 0.3) is 10.9 Å². The number of ether oxygens (including phenoxy) is 1. The number of aromatic nitrogens is 1. The van der Waals surface area contributed by atoms with Crippen molar-refractivity contribution in [3.8, 4) is 5.75 Å². The maximum atomic E-state index is 13.9. The van der Waals surface area contributed by atoms with Gasteiger partial charge in [0.05, 0.1) is 0 Å². The fraction of sp³-hybridized carbons (Fsp3) is 0.318. The Hall–Kier alpha value is -2.62. The Morgan fingerprint density at radius 2 is 1.96 bits per heavy atom. The van der Waals surface area contributed by atoms with Crippen molar-refractivity contribution in [3.63, 3.8) is 0 Å². The minimum absolute atomic E-state index is 0.192. The van der Waals surface area contributed by atoms with E-state index in [1.165, 1.54) is 25.3 Å². The first-order valence-corrected chi connectivity index (χ1v) is 9.25. The van der Waals surface area contributed by atoms with Gasteiger partial charge < -0.3 is 9.64 Å². The Labute approximate surface area is 153 Å². The molecule has 0 bridgehead atoms. The van der Waals surface area contributed by atoms with Gasteiger partial charge in [-0.15, -0.1) is 0 Å². The molecule has 0 spiro atoms. The summed E-state index contributed by atoms with van der Waals surface area (Å²) in [4.78, 5) is 7.26. The Morgan fingerprint density at radius 3 is 2.81 bits per heavy atom. The van der Waals surface area contributed by atoms with Gasteiger partial charge in [0.2, 0.25) is 0 Å². The number of halogens is 1. The summed E-state index contributed by atoms with van der Waals surface area (Å²) in [7, 11) is 0. The van der Waals surface area contributed by atoms with Gasteiger partial charge in [0, 0.05) is 23.5 Å². The molecule has 1 aliphatic heterocycles. The quantitative estimate of drug-likeness (QED) is 0.636. The number of anilines is 1. The zero-order chi connectivity index (χ0) is 17.9. The fourth-order valence-electron chi connectivity index (χ4n) is 3.60. The molecule has 2 aromatic carbocycles. The van der Waals surface area contributed by atoms with Gasteiger partial charge in [-0.2, -0.15) is 0 Å². The van der Waals surface area contributed by atoms with Crippen LogP contribution in [0.5, 0.6) is 5.75 Å². The lowest BCUT2D eigenvalue weighted by molar-refractivity contribution is 0.303. The van der Waals surface area contributed by atoms with Crippen LogP contribution in [-0.4, -0.2) is 17.6 Å². The van der Waals surface area contributed by atoms with Crippen LogP contribution < -0.4 is 9.64 Å². The minimum atomic E-state index is -0.247. The van der Waals surface area contributed by atoms with Gasteiger partial charge in [0.25, 0.3) is 0 Å². The normalized spacial score (nSPS) is 17.5. The average molecular weight is 350 g/mol. The maximum absolute atomic E-state index is 13.9. The number of pyridine rings is 1. The highest BCUT2D eigenvalue weighted by molar-refractivity contribution is 5.86. The van der Waals surface area contributed by atoms with Crippen LogP contribution in [0.15, 0.2) is 54.6 Å². The third kappa shape index (κ3) is 3.36. The van der Waals surface area contributed by atoms with Crippen LogP contribution in [0.4, 0.5) is 10.2 Å². The van der Waals surface area contributed by atoms with Crippen molar-refractivity contribution in [2.45, 2.75) is 38.8 Å². The molecule has 3 aromatic rings. The number of fused-ring (bicyclic) bond motifs is 1. The molecule has 0 amide bonds. The van der Waals surface area contributed by atoms with Crippen LogP contribution in [0.1, 0.15) is 31.7 Å². The molecule has 0 N–H and O–H groups in total. The molecule has 2 heterocycles. The molecule has 0 radical (unpaired) electrons. The predicted octanol–water partition coefficient (Wildman–Crippen LogP) is 5.33. The lowest BCUT2D eigenvalue weighted by Gasteiger charge is -2.34. The van der Waals surface area contributed by atoms with Gasteiger partial charge in [0.1, 0.15) is 29.5 Å². The topological polar surface area (TPSA) is 25.4 Å². The van der Waals surface area contributed by atoms with E-state index in [9.17, 15) is 4.39 Å². The summed E-state index contributed by atoms with van der Waals surface area (Å²) < 4.78 is 19.8. The molecular weight excluding hydrogens is 327 g/mol. The Kier molecular flexibility index (Phi) is 4.74. The highest BCUT2D eigenvalue weighted by Gasteiger charge is 2.20. The molecule has 1 saturated heterocycles. The summed E-state index contributed by atoms with van der Waals surface area (Å²) in [5.41, 5.74) is 1.38. The summed E-state index contributed by atoms with van der Waals surface area (Å²) in [6, 6.07) is 17.3. The van der Waals surface area contributed by atoms with Crippen LogP contribution in [0.3, 0.4) is 0 Å². The molecule has 1 unspecified atom stereocenters. The molecule has 0 aliphatic carbocycles. The Balaban J connectivity index is 1.64. The molecular formula is C22H23FN2O. The molecule has 26 heavy (non-hydrogen) atoms. The van der Waals surface area contributed by atoms with Crippen molar-refractivity contribution >= 4 is 16.7 Å². The van der Waals surface area contributed by atoms with E-state index >= 15 is 0 Å². The van der Waals surface area contributed by atoms with Gasteiger partial charge in [0.15, 0.2) is 0 Å². The first-order valence-electron chi connectivity index (χ1n) is 9.25. The number of hydrogen-bond donors (Lipinski definition) is 0. The van der Waals surface area contributed by atoms with Gasteiger partial charge in [-0.1, -0.05) is 30.3 Å². The second-order valence-corrected chi connectivity index (χ2v) is 6.92. The molecule has 1 fully saturated rings. The van der Waals surface area contributed by atoms with E-state index in [2.05, 4.69) is 24.0 Å². The average Bonchev–Trinajstić information content (AvgIpc) is 2.67. The molecule has 0 saturated carbocycles. The van der Waals surface area contributed by atoms with Crippen molar-refractivity contribution in [2.24, 2.45) is 0 Å². The minimum Gasteiger partial charge on any atom is -0.487 e. The van der Waals surface area contributed by atoms with E-state index in [1.54, 1.807) is 12.1 Å². The van der Waals surface area contributed by atoms with Gasteiger partial charge in [-0.3, -0.25) is 0 Å². The molecule has 1 atom stereocenters. The summed E-state index contributed by atoms with van der Waals surface area (Å²) in [5.74, 6) is 1.44. The lowest BCUT2D eigenvalue weighted by Crippen LogP contribution is -2.37. The number of para-hydroxylation sites is 1. The smallest absolute Gasteiger partial charge is 0.146 e. The zero-order valence-corrected chi connectivity index (χ0v) is 15.0. The monoisotopic (exact) mass is 350 g/mol. The van der Waals surface area contributed by atoms with Gasteiger partial charge in [-0.05, 0) is 50.5 Å². The van der Waals surface area contributed by atoms with Crippen LogP contribution in [0, 0.1) is 5.82 Å². The van der Waals surface area contributed by atoms with E-state index in [4.69, 9.17) is 9.72 Å². The van der Waals surface area contributed by atoms with E-state index in [0.717, 1.165) is 23.3 Å². The highest BCUT2D eigenvalue weighted by atomic mass is 19.1. The van der Waals surface area contributed by atoms with E-state index in [-0.39, 0.29) is 12.4 Å². The third-order valence-electron chi connectivity index (χ3n) is 5.11. The maximum Gasteiger partial charge on any atom is 0.146 e. The van der Waals surface area contributed by atoms with E-state index in [1.807, 2.05) is 24.3 Å². The summed E-state index contributed by atoms with van der Waals surface area (Å²) in [5, 5.41) is 1.03. The second-order valence-electron chi connectivity index (χ2n) is 6.92. The van der Waals surface area contributed by atoms with E-state index < -0.39 is 0 Å². The number of nitrogens with zero attached hydrogens (tertiary/aromatic N) is 2. The number of piperidine rings is 1. The van der Waals surface area contributed by atoms with Crippen molar-refractivity contribution < 1.29 is 9.13 Å². The van der Waals surface area contributed by atoms with Crippen molar-refractivity contribution in [1.29, 1.82) is 0 Å². The molecule has 4 heteroatoms. The Morgan fingerprint density at radius 1 is 1.08 bits per heavy atom. The molecule has 1 aromatic heterocycles. The van der Waals surface area contributed by atoms with Crippen molar-refractivity contribution in [2.75, 3.05) is 11.4 Å². The standard InChI is InChI=1S/C22H23FN2O/c1-16-7-4-5-14-25(16)21-13-12-17-9-6-11-20(22(17)24-21)26-15-18-8-2-3-10-19(18)23/h2-3,6,8-13,16H,4-5,7,14-15H2,1H3. The lowest BCUT2D eigenvalue weighted by atomic mass is 10.0. The summed E-state index contributed by atoms with van der Waals surface area (Å²) in [6.07, 6.45) is 3.68.